The Morgan fingerprint density at radius 3 is 2.32 bits per heavy atom. The standard InChI is InChI=1S/C18H22FNOS/c19-15-3-1-2-4-16(15)22-11-17(21)20-18-8-12-5-13(9-18)7-14(6-12)10-18/h1-4,12-14H,5-11H2,(H,20,21). The van der Waals surface area contributed by atoms with E-state index in [0.29, 0.717) is 10.6 Å². The van der Waals surface area contributed by atoms with E-state index in [1.165, 1.54) is 37.1 Å². The Balaban J connectivity index is 1.37. The van der Waals surface area contributed by atoms with Crippen molar-refractivity contribution >= 4 is 17.7 Å². The Kier molecular flexibility index (Phi) is 3.67. The number of carbonyl (C=O) groups excluding carboxylic acids is 1. The first-order valence-corrected chi connectivity index (χ1v) is 9.29. The second-order valence-corrected chi connectivity index (χ2v) is 8.48. The molecule has 4 aliphatic carbocycles. The molecule has 4 aliphatic rings. The molecule has 0 aliphatic heterocycles. The molecule has 1 aromatic rings. The second kappa shape index (κ2) is 5.55. The van der Waals surface area contributed by atoms with Crippen molar-refractivity contribution in [1.29, 1.82) is 0 Å². The SMILES string of the molecule is O=C(CSc1ccccc1F)NC12CC3CC(CC(C3)C1)C2. The van der Waals surface area contributed by atoms with Crippen molar-refractivity contribution in [2.24, 2.45) is 17.8 Å². The fourth-order valence-electron chi connectivity index (χ4n) is 5.30. The van der Waals surface area contributed by atoms with Crippen LogP contribution in [0.3, 0.4) is 0 Å². The van der Waals surface area contributed by atoms with Gasteiger partial charge in [-0.05, 0) is 68.4 Å². The number of hydrogen-bond donors (Lipinski definition) is 1. The summed E-state index contributed by atoms with van der Waals surface area (Å²) in [4.78, 5) is 12.9. The number of rotatable bonds is 4. The number of thioether (sulfide) groups is 1. The first-order valence-electron chi connectivity index (χ1n) is 8.30. The zero-order valence-electron chi connectivity index (χ0n) is 12.7. The normalized spacial score (nSPS) is 35.6. The molecule has 0 aromatic heterocycles. The highest BCUT2D eigenvalue weighted by molar-refractivity contribution is 8.00. The van der Waals surface area contributed by atoms with Crippen LogP contribution < -0.4 is 5.32 Å². The predicted octanol–water partition coefficient (Wildman–Crippen LogP) is 4.00. The van der Waals surface area contributed by atoms with Gasteiger partial charge in [-0.2, -0.15) is 0 Å². The van der Waals surface area contributed by atoms with Crippen LogP contribution in [0.1, 0.15) is 38.5 Å². The summed E-state index contributed by atoms with van der Waals surface area (Å²) in [5.41, 5.74) is 0.0572. The minimum Gasteiger partial charge on any atom is -0.350 e. The van der Waals surface area contributed by atoms with E-state index in [1.807, 2.05) is 6.07 Å². The lowest BCUT2D eigenvalue weighted by Crippen LogP contribution is -2.60. The van der Waals surface area contributed by atoms with Gasteiger partial charge >= 0.3 is 0 Å². The van der Waals surface area contributed by atoms with Gasteiger partial charge in [0.1, 0.15) is 5.82 Å². The Labute approximate surface area is 135 Å². The van der Waals surface area contributed by atoms with Crippen molar-refractivity contribution in [3.05, 3.63) is 30.1 Å². The van der Waals surface area contributed by atoms with E-state index >= 15 is 0 Å². The molecule has 1 amide bonds. The van der Waals surface area contributed by atoms with Gasteiger partial charge in [0.05, 0.1) is 5.75 Å². The maximum absolute atomic E-state index is 13.6. The molecule has 0 radical (unpaired) electrons. The largest absolute Gasteiger partial charge is 0.350 e. The van der Waals surface area contributed by atoms with Gasteiger partial charge in [-0.25, -0.2) is 4.39 Å². The zero-order chi connectivity index (χ0) is 15.2. The molecule has 1 aromatic carbocycles. The van der Waals surface area contributed by atoms with Crippen LogP contribution in [-0.2, 0) is 4.79 Å². The number of halogens is 1. The van der Waals surface area contributed by atoms with Gasteiger partial charge in [0.15, 0.2) is 0 Å². The monoisotopic (exact) mass is 319 g/mol. The summed E-state index contributed by atoms with van der Waals surface area (Å²) in [5, 5.41) is 3.33. The van der Waals surface area contributed by atoms with Crippen molar-refractivity contribution in [3.8, 4) is 0 Å². The highest BCUT2D eigenvalue weighted by Gasteiger charge is 2.51. The molecule has 0 spiro atoms. The van der Waals surface area contributed by atoms with Crippen LogP contribution in [0.2, 0.25) is 0 Å². The third-order valence-corrected chi connectivity index (χ3v) is 6.69. The Morgan fingerprint density at radius 2 is 1.73 bits per heavy atom. The molecular formula is C18H22FNOS. The zero-order valence-corrected chi connectivity index (χ0v) is 13.5. The summed E-state index contributed by atoms with van der Waals surface area (Å²) in [6, 6.07) is 6.66. The Bertz CT molecular complexity index is 553. The topological polar surface area (TPSA) is 29.1 Å². The molecule has 4 fully saturated rings. The smallest absolute Gasteiger partial charge is 0.230 e. The molecule has 0 heterocycles. The van der Waals surface area contributed by atoms with E-state index in [1.54, 1.807) is 12.1 Å². The van der Waals surface area contributed by atoms with Crippen molar-refractivity contribution in [1.82, 2.24) is 5.32 Å². The van der Waals surface area contributed by atoms with Crippen LogP contribution in [-0.4, -0.2) is 17.2 Å². The molecule has 22 heavy (non-hydrogen) atoms. The second-order valence-electron chi connectivity index (χ2n) is 7.47. The van der Waals surface area contributed by atoms with Crippen LogP contribution in [0.15, 0.2) is 29.2 Å². The molecule has 5 rings (SSSR count). The number of nitrogens with one attached hydrogen (secondary N) is 1. The summed E-state index contributed by atoms with van der Waals surface area (Å²) in [5.74, 6) is 2.61. The van der Waals surface area contributed by atoms with Crippen LogP contribution in [0.4, 0.5) is 4.39 Å². The molecule has 4 heteroatoms. The van der Waals surface area contributed by atoms with E-state index in [2.05, 4.69) is 5.32 Å². The van der Waals surface area contributed by atoms with Crippen molar-refractivity contribution in [2.45, 2.75) is 49.0 Å². The van der Waals surface area contributed by atoms with E-state index in [4.69, 9.17) is 0 Å². The lowest BCUT2D eigenvalue weighted by atomic mass is 9.53. The first-order chi connectivity index (χ1) is 10.6. The summed E-state index contributed by atoms with van der Waals surface area (Å²) < 4.78 is 13.6. The molecule has 1 N–H and O–H groups in total. The third-order valence-electron chi connectivity index (χ3n) is 5.64. The van der Waals surface area contributed by atoms with Crippen molar-refractivity contribution < 1.29 is 9.18 Å². The lowest BCUT2D eigenvalue weighted by molar-refractivity contribution is -0.124. The molecule has 4 saturated carbocycles. The molecule has 0 unspecified atom stereocenters. The molecule has 118 valence electrons. The van der Waals surface area contributed by atoms with Gasteiger partial charge in [-0.15, -0.1) is 11.8 Å². The lowest BCUT2D eigenvalue weighted by Gasteiger charge is -2.56. The van der Waals surface area contributed by atoms with Gasteiger partial charge < -0.3 is 5.32 Å². The summed E-state index contributed by atoms with van der Waals surface area (Å²) in [6.45, 7) is 0. The fraction of sp³-hybridized carbons (Fsp3) is 0.611. The third kappa shape index (κ3) is 2.78. The van der Waals surface area contributed by atoms with Gasteiger partial charge in [0.2, 0.25) is 5.91 Å². The highest BCUT2D eigenvalue weighted by Crippen LogP contribution is 2.55. The van der Waals surface area contributed by atoms with Gasteiger partial charge in [-0.1, -0.05) is 12.1 Å². The maximum Gasteiger partial charge on any atom is 0.230 e. The minimum absolute atomic E-state index is 0.0572. The number of carbonyl (C=O) groups is 1. The number of amides is 1. The van der Waals surface area contributed by atoms with Crippen molar-refractivity contribution in [2.75, 3.05) is 5.75 Å². The van der Waals surface area contributed by atoms with Crippen LogP contribution in [0.5, 0.6) is 0 Å². The van der Waals surface area contributed by atoms with Crippen molar-refractivity contribution in [3.63, 3.8) is 0 Å². The van der Waals surface area contributed by atoms with E-state index in [-0.39, 0.29) is 17.3 Å². The highest BCUT2D eigenvalue weighted by atomic mass is 32.2. The van der Waals surface area contributed by atoms with Gasteiger partial charge in [-0.3, -0.25) is 4.79 Å². The van der Waals surface area contributed by atoms with Crippen LogP contribution >= 0.6 is 11.8 Å². The predicted molar refractivity (Wildman–Crippen MR) is 86.2 cm³/mol. The van der Waals surface area contributed by atoms with E-state index in [0.717, 1.165) is 37.0 Å². The average Bonchev–Trinajstić information content (AvgIpc) is 2.44. The summed E-state index contributed by atoms with van der Waals surface area (Å²) in [7, 11) is 0. The maximum atomic E-state index is 13.6. The van der Waals surface area contributed by atoms with E-state index < -0.39 is 0 Å². The minimum atomic E-state index is -0.241. The summed E-state index contributed by atoms with van der Waals surface area (Å²) >= 11 is 1.30. The fourth-order valence-corrected chi connectivity index (χ4v) is 6.04. The van der Waals surface area contributed by atoms with Gasteiger partial charge in [0.25, 0.3) is 0 Å². The molecule has 4 bridgehead atoms. The molecular weight excluding hydrogens is 297 g/mol. The van der Waals surface area contributed by atoms with Crippen LogP contribution in [0.25, 0.3) is 0 Å². The molecule has 0 atom stereocenters. The van der Waals surface area contributed by atoms with Gasteiger partial charge in [0, 0.05) is 10.4 Å². The molecule has 0 saturated heterocycles. The molecule has 2 nitrogen and oxygen atoms in total. The Morgan fingerprint density at radius 1 is 1.14 bits per heavy atom. The quantitative estimate of drug-likeness (QED) is 0.850. The van der Waals surface area contributed by atoms with Crippen LogP contribution in [0, 0.1) is 23.6 Å². The number of benzene rings is 1. The average molecular weight is 319 g/mol. The Hall–Kier alpha value is -1.03. The first kappa shape index (κ1) is 14.6. The number of hydrogen-bond acceptors (Lipinski definition) is 2. The summed E-state index contributed by atoms with van der Waals surface area (Å²) in [6.07, 6.45) is 7.61. The van der Waals surface area contributed by atoms with E-state index in [9.17, 15) is 9.18 Å².